The number of hydrogen-bond donors (Lipinski definition) is 1. The van der Waals surface area contributed by atoms with Gasteiger partial charge in [0.2, 0.25) is 0 Å². The Labute approximate surface area is 164 Å². The second-order valence-corrected chi connectivity index (χ2v) is 6.93. The fourth-order valence-corrected chi connectivity index (χ4v) is 3.71. The van der Waals surface area contributed by atoms with Gasteiger partial charge in [0.05, 0.1) is 42.3 Å². The van der Waals surface area contributed by atoms with Gasteiger partial charge in [0.1, 0.15) is 18.3 Å². The van der Waals surface area contributed by atoms with Crippen LogP contribution in [-0.2, 0) is 23.8 Å². The molecule has 3 heterocycles. The number of anilines is 1. The van der Waals surface area contributed by atoms with E-state index in [1.54, 1.807) is 16.2 Å². The molecular formula is C19H17N3O5S. The molecule has 144 valence electrons. The van der Waals surface area contributed by atoms with E-state index in [4.69, 9.17) is 14.2 Å². The van der Waals surface area contributed by atoms with Crippen molar-refractivity contribution in [2.24, 2.45) is 0 Å². The highest BCUT2D eigenvalue weighted by molar-refractivity contribution is 7.13. The Morgan fingerprint density at radius 2 is 2.04 bits per heavy atom. The number of benzene rings is 1. The van der Waals surface area contributed by atoms with Crippen LogP contribution in [0.15, 0.2) is 47.0 Å². The van der Waals surface area contributed by atoms with Gasteiger partial charge in [-0.15, -0.1) is 11.3 Å². The third-order valence-electron chi connectivity index (χ3n) is 4.36. The van der Waals surface area contributed by atoms with Gasteiger partial charge < -0.3 is 24.1 Å². The number of imidazole rings is 1. The van der Waals surface area contributed by atoms with Crippen molar-refractivity contribution in [3.63, 3.8) is 0 Å². The van der Waals surface area contributed by atoms with E-state index in [1.807, 2.05) is 35.7 Å². The number of hydrogen-bond acceptors (Lipinski definition) is 8. The maximum Gasteiger partial charge on any atom is 0.355 e. The van der Waals surface area contributed by atoms with E-state index in [0.29, 0.717) is 5.69 Å². The Hall–Kier alpha value is -3.17. The maximum absolute atomic E-state index is 12.4. The van der Waals surface area contributed by atoms with Crippen molar-refractivity contribution in [2.75, 3.05) is 32.5 Å². The fraction of sp³-hybridized carbons (Fsp3) is 0.211. The van der Waals surface area contributed by atoms with Gasteiger partial charge in [-0.25, -0.2) is 14.6 Å². The van der Waals surface area contributed by atoms with Gasteiger partial charge in [0.15, 0.2) is 0 Å². The van der Waals surface area contributed by atoms with Crippen LogP contribution in [0.3, 0.4) is 0 Å². The third-order valence-corrected chi connectivity index (χ3v) is 5.24. The number of aromatic amines is 1. The van der Waals surface area contributed by atoms with Gasteiger partial charge in [-0.3, -0.25) is 0 Å². The van der Waals surface area contributed by atoms with Gasteiger partial charge in [0.25, 0.3) is 0 Å². The van der Waals surface area contributed by atoms with Crippen molar-refractivity contribution >= 4 is 40.0 Å². The average molecular weight is 399 g/mol. The van der Waals surface area contributed by atoms with Crippen LogP contribution in [-0.4, -0.2) is 49.5 Å². The molecule has 1 N–H and O–H groups in total. The van der Waals surface area contributed by atoms with E-state index >= 15 is 0 Å². The Kier molecular flexibility index (Phi) is 4.84. The second kappa shape index (κ2) is 7.45. The quantitative estimate of drug-likeness (QED) is 0.674. The zero-order valence-electron chi connectivity index (χ0n) is 15.2. The lowest BCUT2D eigenvalue weighted by Crippen LogP contribution is -2.38. The predicted octanol–water partition coefficient (Wildman–Crippen LogP) is 2.69. The Balaban J connectivity index is 1.78. The number of rotatable bonds is 4. The molecule has 0 amide bonds. The van der Waals surface area contributed by atoms with Gasteiger partial charge in [-0.1, -0.05) is 6.07 Å². The zero-order valence-corrected chi connectivity index (χ0v) is 16.0. The molecule has 0 aliphatic carbocycles. The minimum Gasteiger partial charge on any atom is -0.466 e. The van der Waals surface area contributed by atoms with Crippen LogP contribution in [0.2, 0.25) is 0 Å². The van der Waals surface area contributed by atoms with E-state index in [-0.39, 0.29) is 24.6 Å². The van der Waals surface area contributed by atoms with Crippen LogP contribution in [0.1, 0.15) is 0 Å². The number of ether oxygens (including phenoxy) is 3. The Morgan fingerprint density at radius 1 is 1.21 bits per heavy atom. The number of nitrogens with zero attached hydrogens (tertiary/aromatic N) is 2. The standard InChI is InChI=1S/C19H17N3O5S/c1-25-18(23)12-9-27-10-22(16(12)19(24)26-2)11-5-6-13-14(8-11)21-17(20-13)15-4-3-7-28-15/h3-8H,9-10H2,1-2H3,(H,20,21). The highest BCUT2D eigenvalue weighted by Gasteiger charge is 2.32. The number of methoxy groups -OCH3 is 2. The van der Waals surface area contributed by atoms with Crippen molar-refractivity contribution in [2.45, 2.75) is 0 Å². The summed E-state index contributed by atoms with van der Waals surface area (Å²) in [6, 6.07) is 9.47. The van der Waals surface area contributed by atoms with Crippen molar-refractivity contribution in [3.8, 4) is 10.7 Å². The molecule has 0 fully saturated rings. The third kappa shape index (κ3) is 3.14. The molecule has 1 aliphatic heterocycles. The molecule has 2 aromatic heterocycles. The Bertz CT molecular complexity index is 1070. The maximum atomic E-state index is 12.4. The first-order valence-electron chi connectivity index (χ1n) is 8.41. The molecule has 4 rings (SSSR count). The molecular weight excluding hydrogens is 382 g/mol. The molecule has 0 radical (unpaired) electrons. The zero-order chi connectivity index (χ0) is 19.7. The van der Waals surface area contributed by atoms with Crippen LogP contribution in [0.4, 0.5) is 5.69 Å². The smallest absolute Gasteiger partial charge is 0.355 e. The van der Waals surface area contributed by atoms with Gasteiger partial charge in [0, 0.05) is 5.69 Å². The number of carbonyl (C=O) groups is 2. The summed E-state index contributed by atoms with van der Waals surface area (Å²) in [5.74, 6) is -0.489. The number of H-pyrrole nitrogens is 1. The minimum atomic E-state index is -0.632. The van der Waals surface area contributed by atoms with Crippen molar-refractivity contribution in [1.29, 1.82) is 0 Å². The SMILES string of the molecule is COC(=O)C1=C(C(=O)OC)N(c2ccc3nc(-c4cccs4)[nH]c3c2)COC1. The van der Waals surface area contributed by atoms with E-state index in [2.05, 4.69) is 9.97 Å². The van der Waals surface area contributed by atoms with Crippen LogP contribution in [0, 0.1) is 0 Å². The number of carbonyl (C=O) groups excluding carboxylic acids is 2. The largest absolute Gasteiger partial charge is 0.466 e. The summed E-state index contributed by atoms with van der Waals surface area (Å²) in [5, 5.41) is 1.99. The van der Waals surface area contributed by atoms with E-state index in [0.717, 1.165) is 21.7 Å². The molecule has 0 bridgehead atoms. The Morgan fingerprint density at radius 3 is 2.75 bits per heavy atom. The molecule has 0 spiro atoms. The summed E-state index contributed by atoms with van der Waals surface area (Å²) < 4.78 is 15.2. The lowest BCUT2D eigenvalue weighted by molar-refractivity contribution is -0.140. The fourth-order valence-electron chi connectivity index (χ4n) is 3.04. The molecule has 1 aromatic carbocycles. The first-order chi connectivity index (χ1) is 13.6. The predicted molar refractivity (Wildman–Crippen MR) is 104 cm³/mol. The van der Waals surface area contributed by atoms with E-state index in [9.17, 15) is 9.59 Å². The number of aromatic nitrogens is 2. The van der Waals surface area contributed by atoms with Crippen molar-refractivity contribution in [3.05, 3.63) is 47.0 Å². The van der Waals surface area contributed by atoms with Crippen LogP contribution < -0.4 is 4.90 Å². The van der Waals surface area contributed by atoms with Crippen LogP contribution in [0.5, 0.6) is 0 Å². The van der Waals surface area contributed by atoms with E-state index in [1.165, 1.54) is 14.2 Å². The lowest BCUT2D eigenvalue weighted by atomic mass is 10.1. The van der Waals surface area contributed by atoms with Crippen molar-refractivity contribution < 1.29 is 23.8 Å². The molecule has 0 saturated carbocycles. The number of thiophene rings is 1. The normalized spacial score (nSPS) is 14.4. The monoisotopic (exact) mass is 399 g/mol. The van der Waals surface area contributed by atoms with Crippen molar-refractivity contribution in [1.82, 2.24) is 9.97 Å². The number of fused-ring (bicyclic) bond motifs is 1. The highest BCUT2D eigenvalue weighted by Crippen LogP contribution is 2.30. The molecule has 0 saturated heterocycles. The summed E-state index contributed by atoms with van der Waals surface area (Å²) in [6.45, 7) is 0.0742. The summed E-state index contributed by atoms with van der Waals surface area (Å²) >= 11 is 1.59. The van der Waals surface area contributed by atoms with Gasteiger partial charge in [-0.2, -0.15) is 0 Å². The van der Waals surface area contributed by atoms with Crippen LogP contribution >= 0.6 is 11.3 Å². The summed E-state index contributed by atoms with van der Waals surface area (Å²) in [6.07, 6.45) is 0. The van der Waals surface area contributed by atoms with Gasteiger partial charge in [-0.05, 0) is 29.6 Å². The van der Waals surface area contributed by atoms with Crippen LogP contribution in [0.25, 0.3) is 21.7 Å². The molecule has 28 heavy (non-hydrogen) atoms. The topological polar surface area (TPSA) is 93.8 Å². The summed E-state index contributed by atoms with van der Waals surface area (Å²) in [4.78, 5) is 35.0. The number of esters is 2. The van der Waals surface area contributed by atoms with E-state index < -0.39 is 11.9 Å². The number of nitrogens with one attached hydrogen (secondary N) is 1. The molecule has 3 aromatic rings. The lowest BCUT2D eigenvalue weighted by Gasteiger charge is -2.31. The second-order valence-electron chi connectivity index (χ2n) is 5.98. The average Bonchev–Trinajstić information content (AvgIpc) is 3.40. The molecule has 1 aliphatic rings. The molecule has 9 heteroatoms. The van der Waals surface area contributed by atoms with Gasteiger partial charge >= 0.3 is 11.9 Å². The first kappa shape index (κ1) is 18.2. The highest BCUT2D eigenvalue weighted by atomic mass is 32.1. The summed E-state index contributed by atoms with van der Waals surface area (Å²) in [5.41, 5.74) is 2.48. The minimum absolute atomic E-state index is 0.0254. The first-order valence-corrected chi connectivity index (χ1v) is 9.29. The molecule has 0 unspecified atom stereocenters. The summed E-state index contributed by atoms with van der Waals surface area (Å²) in [7, 11) is 2.52. The molecule has 0 atom stereocenters. The molecule has 8 nitrogen and oxygen atoms in total.